The highest BCUT2D eigenvalue weighted by Gasteiger charge is 2.00. The lowest BCUT2D eigenvalue weighted by molar-refractivity contribution is -0.136. The van der Waals surface area contributed by atoms with Gasteiger partial charge in [0, 0.05) is 6.20 Å². The first-order valence-electron chi connectivity index (χ1n) is 4.66. The van der Waals surface area contributed by atoms with E-state index in [1.165, 1.54) is 0 Å². The van der Waals surface area contributed by atoms with Crippen molar-refractivity contribution in [3.05, 3.63) is 35.7 Å². The third-order valence-electron chi connectivity index (χ3n) is 1.79. The summed E-state index contributed by atoms with van der Waals surface area (Å²) in [5.74, 6) is -0.0398. The average molecular weight is 223 g/mol. The molecule has 3 nitrogen and oxygen atoms in total. The summed E-state index contributed by atoms with van der Waals surface area (Å²) >= 11 is 4.09. The lowest BCUT2D eigenvalue weighted by Crippen LogP contribution is -2.01. The largest absolute Gasteiger partial charge is 0.481 e. The normalized spacial score (nSPS) is 10.7. The first-order chi connectivity index (χ1) is 7.22. The van der Waals surface area contributed by atoms with Gasteiger partial charge in [-0.15, -0.1) is 0 Å². The molecule has 0 saturated heterocycles. The Morgan fingerprint density at radius 3 is 2.87 bits per heavy atom. The van der Waals surface area contributed by atoms with Gasteiger partial charge in [0.05, 0.1) is 12.1 Å². The lowest BCUT2D eigenvalue weighted by Gasteiger charge is -1.97. The second-order valence-electron chi connectivity index (χ2n) is 3.07. The highest BCUT2D eigenvalue weighted by molar-refractivity contribution is 7.80. The molecule has 1 aromatic rings. The smallest absolute Gasteiger partial charge is 0.309 e. The fourth-order valence-corrected chi connectivity index (χ4v) is 1.24. The topological polar surface area (TPSA) is 50.2 Å². The van der Waals surface area contributed by atoms with Crippen LogP contribution in [-0.4, -0.2) is 21.8 Å². The number of rotatable bonds is 5. The Hall–Kier alpha value is -1.29. The Balaban J connectivity index is 2.60. The SMILES string of the molecule is O=C(O)Cc1ccc(C=CCCS)cn1. The second kappa shape index (κ2) is 6.24. The van der Waals surface area contributed by atoms with E-state index in [0.717, 1.165) is 17.7 Å². The molecule has 1 rings (SSSR count). The molecule has 0 fully saturated rings. The van der Waals surface area contributed by atoms with Crippen LogP contribution in [0.2, 0.25) is 0 Å². The molecular formula is C11H13NO2S. The standard InChI is InChI=1S/C11H13NO2S/c13-11(14)7-10-5-4-9(8-12-10)3-1-2-6-15/h1,3-5,8,15H,2,6-7H2,(H,13,14). The zero-order valence-electron chi connectivity index (χ0n) is 8.26. The monoisotopic (exact) mass is 223 g/mol. The third-order valence-corrected chi connectivity index (χ3v) is 2.04. The highest BCUT2D eigenvalue weighted by Crippen LogP contribution is 2.04. The fourth-order valence-electron chi connectivity index (χ4n) is 1.09. The number of carboxylic acid groups (broad SMARTS) is 1. The summed E-state index contributed by atoms with van der Waals surface area (Å²) in [4.78, 5) is 14.4. The van der Waals surface area contributed by atoms with Crippen molar-refractivity contribution in [2.75, 3.05) is 5.75 Å². The molecule has 15 heavy (non-hydrogen) atoms. The molecule has 0 aliphatic rings. The van der Waals surface area contributed by atoms with Crippen molar-refractivity contribution < 1.29 is 9.90 Å². The summed E-state index contributed by atoms with van der Waals surface area (Å²) in [7, 11) is 0. The maximum atomic E-state index is 10.4. The Morgan fingerprint density at radius 1 is 1.53 bits per heavy atom. The minimum Gasteiger partial charge on any atom is -0.481 e. The van der Waals surface area contributed by atoms with Gasteiger partial charge in [0.1, 0.15) is 0 Å². The summed E-state index contributed by atoms with van der Waals surface area (Å²) in [6.07, 6.45) is 6.53. The van der Waals surface area contributed by atoms with Crippen LogP contribution in [0.4, 0.5) is 0 Å². The van der Waals surface area contributed by atoms with Gasteiger partial charge in [0.25, 0.3) is 0 Å². The van der Waals surface area contributed by atoms with E-state index < -0.39 is 5.97 Å². The van der Waals surface area contributed by atoms with Crippen LogP contribution in [0.3, 0.4) is 0 Å². The van der Waals surface area contributed by atoms with Crippen LogP contribution in [0.5, 0.6) is 0 Å². The highest BCUT2D eigenvalue weighted by atomic mass is 32.1. The summed E-state index contributed by atoms with van der Waals surface area (Å²) < 4.78 is 0. The van der Waals surface area contributed by atoms with Crippen LogP contribution in [-0.2, 0) is 11.2 Å². The number of pyridine rings is 1. The van der Waals surface area contributed by atoms with Crippen LogP contribution < -0.4 is 0 Å². The number of carboxylic acids is 1. The van der Waals surface area contributed by atoms with Crippen LogP contribution in [0.25, 0.3) is 6.08 Å². The Morgan fingerprint density at radius 2 is 2.33 bits per heavy atom. The molecule has 0 radical (unpaired) electrons. The molecular weight excluding hydrogens is 210 g/mol. The van der Waals surface area contributed by atoms with E-state index in [0.29, 0.717) is 5.69 Å². The molecule has 4 heteroatoms. The fraction of sp³-hybridized carbons (Fsp3) is 0.273. The van der Waals surface area contributed by atoms with E-state index in [4.69, 9.17) is 5.11 Å². The van der Waals surface area contributed by atoms with Gasteiger partial charge >= 0.3 is 5.97 Å². The number of allylic oxidation sites excluding steroid dienone is 1. The molecule has 0 aromatic carbocycles. The number of nitrogens with zero attached hydrogens (tertiary/aromatic N) is 1. The molecule has 0 unspecified atom stereocenters. The van der Waals surface area contributed by atoms with Crippen molar-refractivity contribution in [3.8, 4) is 0 Å². The summed E-state index contributed by atoms with van der Waals surface area (Å²) in [6.45, 7) is 0. The molecule has 1 N–H and O–H groups in total. The number of thiol groups is 1. The van der Waals surface area contributed by atoms with Crippen molar-refractivity contribution in [2.24, 2.45) is 0 Å². The van der Waals surface area contributed by atoms with E-state index in [-0.39, 0.29) is 6.42 Å². The van der Waals surface area contributed by atoms with Crippen LogP contribution in [0, 0.1) is 0 Å². The van der Waals surface area contributed by atoms with Crippen LogP contribution in [0.1, 0.15) is 17.7 Å². The summed E-state index contributed by atoms with van der Waals surface area (Å²) in [5.41, 5.74) is 1.56. The molecule has 0 saturated carbocycles. The molecule has 80 valence electrons. The van der Waals surface area contributed by atoms with Crippen molar-refractivity contribution in [1.29, 1.82) is 0 Å². The van der Waals surface area contributed by atoms with Gasteiger partial charge in [-0.1, -0.05) is 18.2 Å². The molecule has 0 aliphatic carbocycles. The Labute approximate surface area is 94.3 Å². The maximum absolute atomic E-state index is 10.4. The zero-order chi connectivity index (χ0) is 11.1. The molecule has 0 amide bonds. The predicted molar refractivity (Wildman–Crippen MR) is 63.1 cm³/mol. The van der Waals surface area contributed by atoms with Gasteiger partial charge in [-0.25, -0.2) is 0 Å². The second-order valence-corrected chi connectivity index (χ2v) is 3.52. The molecule has 0 atom stereocenters. The third kappa shape index (κ3) is 4.65. The van der Waals surface area contributed by atoms with Crippen molar-refractivity contribution in [2.45, 2.75) is 12.8 Å². The van der Waals surface area contributed by atoms with Crippen LogP contribution in [0.15, 0.2) is 24.4 Å². The molecule has 1 aromatic heterocycles. The molecule has 1 heterocycles. The van der Waals surface area contributed by atoms with E-state index in [1.54, 1.807) is 12.3 Å². The van der Waals surface area contributed by atoms with E-state index >= 15 is 0 Å². The Bertz CT molecular complexity index is 346. The van der Waals surface area contributed by atoms with Crippen molar-refractivity contribution in [3.63, 3.8) is 0 Å². The number of aliphatic carboxylic acids is 1. The van der Waals surface area contributed by atoms with Crippen molar-refractivity contribution >= 4 is 24.7 Å². The average Bonchev–Trinajstić information content (AvgIpc) is 2.20. The van der Waals surface area contributed by atoms with Gasteiger partial charge in [0.15, 0.2) is 0 Å². The minimum atomic E-state index is -0.860. The van der Waals surface area contributed by atoms with E-state index in [2.05, 4.69) is 17.6 Å². The van der Waals surface area contributed by atoms with Gasteiger partial charge < -0.3 is 5.11 Å². The zero-order valence-corrected chi connectivity index (χ0v) is 9.15. The molecule has 0 spiro atoms. The van der Waals surface area contributed by atoms with Crippen LogP contribution >= 0.6 is 12.6 Å². The molecule has 0 bridgehead atoms. The van der Waals surface area contributed by atoms with Gasteiger partial charge in [-0.3, -0.25) is 9.78 Å². The lowest BCUT2D eigenvalue weighted by atomic mass is 10.2. The number of aromatic nitrogens is 1. The van der Waals surface area contributed by atoms with Gasteiger partial charge in [0.2, 0.25) is 0 Å². The quantitative estimate of drug-likeness (QED) is 0.751. The van der Waals surface area contributed by atoms with Gasteiger partial charge in [-0.2, -0.15) is 12.6 Å². The van der Waals surface area contributed by atoms with Crippen molar-refractivity contribution in [1.82, 2.24) is 4.98 Å². The van der Waals surface area contributed by atoms with E-state index in [1.807, 2.05) is 18.2 Å². The number of carbonyl (C=O) groups is 1. The number of hydrogen-bond acceptors (Lipinski definition) is 3. The molecule has 0 aliphatic heterocycles. The predicted octanol–water partition coefficient (Wildman–Crippen LogP) is 2.04. The first-order valence-corrected chi connectivity index (χ1v) is 5.29. The first kappa shape index (κ1) is 11.8. The maximum Gasteiger partial charge on any atom is 0.309 e. The summed E-state index contributed by atoms with van der Waals surface area (Å²) in [6, 6.07) is 3.59. The Kier molecular flexibility index (Phi) is 4.90. The van der Waals surface area contributed by atoms with E-state index in [9.17, 15) is 4.79 Å². The number of hydrogen-bond donors (Lipinski definition) is 2. The summed E-state index contributed by atoms with van der Waals surface area (Å²) in [5, 5.41) is 8.55. The minimum absolute atomic E-state index is 0.0271. The van der Waals surface area contributed by atoms with Gasteiger partial charge in [-0.05, 0) is 23.8 Å².